The molecule has 4 aliphatic rings. The normalized spacial score (nSPS) is 14.2. The van der Waals surface area contributed by atoms with Crippen LogP contribution in [0.5, 0.6) is 0 Å². The molecule has 0 radical (unpaired) electrons. The molecule has 2 spiro atoms. The van der Waals surface area contributed by atoms with E-state index in [0.717, 1.165) is 39.1 Å². The van der Waals surface area contributed by atoms with Crippen LogP contribution in [0.25, 0.3) is 77.2 Å². The fourth-order valence-corrected chi connectivity index (χ4v) is 19.6. The number of rotatable bonds is 7. The molecule has 0 amide bonds. The maximum Gasteiger partial charge on any atom is 0.0720 e. The molecule has 109 heavy (non-hydrogen) atoms. The third-order valence-electron chi connectivity index (χ3n) is 24.0. The Hall–Kier alpha value is -13.0. The number of hydrogen-bond acceptors (Lipinski definition) is 2. The Morgan fingerprint density at radius 1 is 0.239 bits per heavy atom. The molecule has 4 aliphatic carbocycles. The van der Waals surface area contributed by atoms with Crippen molar-refractivity contribution in [2.75, 3.05) is 10.2 Å². The van der Waals surface area contributed by atoms with Gasteiger partial charge in [0.1, 0.15) is 0 Å². The first-order valence-corrected chi connectivity index (χ1v) is 38.3. The Balaban J connectivity index is 0.000000119. The van der Waals surface area contributed by atoms with Gasteiger partial charge in [0, 0.05) is 77.2 Å². The summed E-state index contributed by atoms with van der Waals surface area (Å²) in [6.45, 7) is 9.46. The van der Waals surface area contributed by atoms with Crippen molar-refractivity contribution in [2.45, 2.75) is 49.4 Å². The van der Waals surface area contributed by atoms with Crippen LogP contribution in [0.1, 0.15) is 94.5 Å². The predicted octanol–water partition coefficient (Wildman–Crippen LogP) is 27.1. The van der Waals surface area contributed by atoms with Crippen molar-refractivity contribution in [1.82, 2.24) is 9.13 Å². The maximum absolute atomic E-state index is 6.58. The lowest BCUT2D eigenvalue weighted by Crippen LogP contribution is -2.40. The molecule has 4 nitrogen and oxygen atoms in total. The molecule has 0 atom stereocenters. The highest BCUT2D eigenvalue weighted by atomic mass is 35.5. The van der Waals surface area contributed by atoms with Gasteiger partial charge in [-0.05, 0) is 198 Å². The van der Waals surface area contributed by atoms with Gasteiger partial charge < -0.3 is 19.4 Å². The molecule has 0 unspecified atom stereocenters. The number of para-hydroxylation sites is 6. The average Bonchev–Trinajstić information content (AvgIpc) is 1.58. The molecular formula is C104H77ClN4. The van der Waals surface area contributed by atoms with E-state index in [1.807, 2.05) is 24.3 Å². The standard InChI is InChI=1S/C52H38N2.C28H21Cl.C24H18N2/c1-51(2)44-24-12-14-26-46(44)52(47-27-15-13-25-45(47)51)43-23-11-9-21-39(43)40-31-29-37(33-48(40)52)53(35-17-5-3-6-18-35)38-30-32-42-41-22-10-16-28-49(41)54(50(42)34-38)36-19-7-4-8-20-36;1-27(2)22-11-5-7-13-24(22)28(25-14-8-6-12-23(25)27)21-10-4-3-9-19(21)20-16-15-18(29)17-26(20)28;1-3-9-18(10-4-1)25-19-15-16-22-21-13-7-8-14-23(21)26(24(22)17-19)20-11-5-2-6-12-20/h3-34H,1-2H3;3-17H,1-2H3;1-17,25H. The summed E-state index contributed by atoms with van der Waals surface area (Å²) in [6.07, 6.45) is 0. The molecule has 16 aromatic carbocycles. The van der Waals surface area contributed by atoms with Gasteiger partial charge in [0.2, 0.25) is 0 Å². The maximum atomic E-state index is 6.58. The van der Waals surface area contributed by atoms with E-state index in [4.69, 9.17) is 11.6 Å². The molecule has 5 heteroatoms. The number of aromatic nitrogens is 2. The zero-order valence-corrected chi connectivity index (χ0v) is 61.9. The number of nitrogens with one attached hydrogen (secondary N) is 1. The summed E-state index contributed by atoms with van der Waals surface area (Å²) in [5, 5.41) is 9.33. The van der Waals surface area contributed by atoms with Crippen molar-refractivity contribution in [3.63, 3.8) is 0 Å². The van der Waals surface area contributed by atoms with E-state index in [0.29, 0.717) is 0 Å². The molecule has 0 saturated carbocycles. The SMILES string of the molecule is CC1(C)c2ccccc2C2(c3ccccc3-c3ccc(Cl)cc32)c2ccccc21.CC1(C)c2ccccc2C2(c3ccccc3-c3ccc(N(c4ccccc4)c4ccc5c6ccccc6n(-c6ccccc6)c5c4)cc32)c2ccccc21.c1ccc(Nc2ccc3c4ccccc4n(-c4ccccc4)c3c2)cc1. The molecule has 0 saturated heterocycles. The molecule has 0 bridgehead atoms. The third kappa shape index (κ3) is 9.98. The van der Waals surface area contributed by atoms with E-state index in [1.54, 1.807) is 0 Å². The van der Waals surface area contributed by atoms with Crippen LogP contribution in [0.2, 0.25) is 5.02 Å². The Kier molecular flexibility index (Phi) is 15.4. The van der Waals surface area contributed by atoms with Crippen LogP contribution in [-0.4, -0.2) is 9.13 Å². The highest BCUT2D eigenvalue weighted by molar-refractivity contribution is 6.31. The van der Waals surface area contributed by atoms with Crippen LogP contribution in [-0.2, 0) is 21.7 Å². The first-order valence-electron chi connectivity index (χ1n) is 37.9. The molecule has 1 N–H and O–H groups in total. The first-order chi connectivity index (χ1) is 53.5. The summed E-state index contributed by atoms with van der Waals surface area (Å²) in [5.41, 5.74) is 33.3. The van der Waals surface area contributed by atoms with E-state index in [9.17, 15) is 0 Å². The van der Waals surface area contributed by atoms with E-state index in [1.165, 1.54) is 138 Å². The van der Waals surface area contributed by atoms with Crippen molar-refractivity contribution in [2.24, 2.45) is 0 Å². The van der Waals surface area contributed by atoms with E-state index >= 15 is 0 Å². The summed E-state index contributed by atoms with van der Waals surface area (Å²) in [4.78, 5) is 2.44. The number of anilines is 5. The molecular weight excluding hydrogens is 1340 g/mol. The highest BCUT2D eigenvalue weighted by Gasteiger charge is 2.55. The monoisotopic (exact) mass is 1420 g/mol. The summed E-state index contributed by atoms with van der Waals surface area (Å²) >= 11 is 6.58. The molecule has 520 valence electrons. The lowest BCUT2D eigenvalue weighted by Gasteiger charge is -2.46. The average molecular weight is 1420 g/mol. The molecule has 18 aromatic rings. The summed E-state index contributed by atoms with van der Waals surface area (Å²) in [6, 6.07) is 141. The van der Waals surface area contributed by atoms with Crippen molar-refractivity contribution >= 4 is 83.6 Å². The van der Waals surface area contributed by atoms with Crippen molar-refractivity contribution in [3.05, 3.63) is 460 Å². The smallest absolute Gasteiger partial charge is 0.0720 e. The van der Waals surface area contributed by atoms with Crippen LogP contribution in [0.3, 0.4) is 0 Å². The topological polar surface area (TPSA) is 25.1 Å². The van der Waals surface area contributed by atoms with E-state index in [-0.39, 0.29) is 16.2 Å². The Morgan fingerprint density at radius 3 is 1.06 bits per heavy atom. The van der Waals surface area contributed by atoms with Gasteiger partial charge in [-0.3, -0.25) is 0 Å². The fourth-order valence-electron chi connectivity index (χ4n) is 19.4. The minimum Gasteiger partial charge on any atom is -0.355 e. The predicted molar refractivity (Wildman–Crippen MR) is 456 cm³/mol. The molecule has 22 rings (SSSR count). The van der Waals surface area contributed by atoms with Crippen LogP contribution in [0, 0.1) is 0 Å². The van der Waals surface area contributed by atoms with Crippen LogP contribution in [0.15, 0.2) is 388 Å². The van der Waals surface area contributed by atoms with Gasteiger partial charge in [-0.2, -0.15) is 0 Å². The highest BCUT2D eigenvalue weighted by Crippen LogP contribution is 2.65. The number of nitrogens with zero attached hydrogens (tertiary/aromatic N) is 3. The number of hydrogen-bond donors (Lipinski definition) is 1. The quantitative estimate of drug-likeness (QED) is 0.172. The summed E-state index contributed by atoms with van der Waals surface area (Å²) in [7, 11) is 0. The summed E-state index contributed by atoms with van der Waals surface area (Å²) in [5.74, 6) is 0. The Morgan fingerprint density at radius 2 is 0.578 bits per heavy atom. The number of fused-ring (bicyclic) bond motifs is 24. The molecule has 0 aliphatic heterocycles. The Labute approximate surface area is 641 Å². The second-order valence-corrected chi connectivity index (χ2v) is 30.9. The number of halogens is 1. The van der Waals surface area contributed by atoms with Crippen molar-refractivity contribution < 1.29 is 0 Å². The fraction of sp³-hybridized carbons (Fsp3) is 0.0769. The zero-order chi connectivity index (χ0) is 73.2. The van der Waals surface area contributed by atoms with Gasteiger partial charge in [0.15, 0.2) is 0 Å². The molecule has 0 fully saturated rings. The van der Waals surface area contributed by atoms with Gasteiger partial charge in [-0.1, -0.05) is 318 Å². The largest absolute Gasteiger partial charge is 0.355 e. The van der Waals surface area contributed by atoms with Gasteiger partial charge in [0.25, 0.3) is 0 Å². The first kappa shape index (κ1) is 65.5. The van der Waals surface area contributed by atoms with Crippen molar-refractivity contribution in [1.29, 1.82) is 0 Å². The van der Waals surface area contributed by atoms with E-state index in [2.05, 4.69) is 411 Å². The Bertz CT molecular complexity index is 6500. The number of benzene rings is 16. The van der Waals surface area contributed by atoms with Crippen LogP contribution >= 0.6 is 11.6 Å². The third-order valence-corrected chi connectivity index (χ3v) is 24.2. The molecule has 2 heterocycles. The van der Waals surface area contributed by atoms with Gasteiger partial charge in [0.05, 0.1) is 32.9 Å². The van der Waals surface area contributed by atoms with Crippen LogP contribution < -0.4 is 10.2 Å². The lowest BCUT2D eigenvalue weighted by atomic mass is 9.55. The minimum atomic E-state index is -0.462. The zero-order valence-electron chi connectivity index (χ0n) is 61.2. The second-order valence-electron chi connectivity index (χ2n) is 30.4. The van der Waals surface area contributed by atoms with Crippen molar-refractivity contribution in [3.8, 4) is 33.6 Å². The van der Waals surface area contributed by atoms with Crippen LogP contribution in [0.4, 0.5) is 28.4 Å². The van der Waals surface area contributed by atoms with Gasteiger partial charge in [-0.25, -0.2) is 0 Å². The lowest BCUT2D eigenvalue weighted by molar-refractivity contribution is 0.563. The minimum absolute atomic E-state index is 0.0608. The second kappa shape index (κ2) is 25.6. The van der Waals surface area contributed by atoms with Gasteiger partial charge in [-0.15, -0.1) is 0 Å². The van der Waals surface area contributed by atoms with E-state index < -0.39 is 5.41 Å². The van der Waals surface area contributed by atoms with Gasteiger partial charge >= 0.3 is 0 Å². The summed E-state index contributed by atoms with van der Waals surface area (Å²) < 4.78 is 4.74. The molecule has 2 aromatic heterocycles.